The molecule has 1 aromatic heterocycles. The Labute approximate surface area is 193 Å². The third-order valence-electron chi connectivity index (χ3n) is 6.90. The second-order valence-electron chi connectivity index (χ2n) is 8.99. The summed E-state index contributed by atoms with van der Waals surface area (Å²) in [5.41, 5.74) is 3.99. The zero-order valence-corrected chi connectivity index (χ0v) is 19.1. The number of imide groups is 1. The molecular formula is C27H29N3O3. The third kappa shape index (κ3) is 3.90. The molecule has 2 amide bonds. The number of hydrogen-bond acceptors (Lipinski definition) is 4. The van der Waals surface area contributed by atoms with Crippen molar-refractivity contribution in [2.45, 2.75) is 26.2 Å². The first kappa shape index (κ1) is 21.3. The lowest BCUT2D eigenvalue weighted by atomic mass is 9.97. The van der Waals surface area contributed by atoms with E-state index in [0.29, 0.717) is 30.2 Å². The number of amides is 2. The predicted octanol–water partition coefficient (Wildman–Crippen LogP) is 4.23. The fraction of sp³-hybridized carbons (Fsp3) is 0.333. The highest BCUT2D eigenvalue weighted by atomic mass is 16.5. The minimum atomic E-state index is -0.210. The average molecular weight is 444 g/mol. The van der Waals surface area contributed by atoms with Crippen LogP contribution in [-0.2, 0) is 16.0 Å². The molecule has 3 aromatic rings. The fourth-order valence-corrected chi connectivity index (χ4v) is 4.88. The average Bonchev–Trinajstić information content (AvgIpc) is 3.36. The van der Waals surface area contributed by atoms with Crippen molar-refractivity contribution in [1.29, 1.82) is 0 Å². The second kappa shape index (κ2) is 8.77. The van der Waals surface area contributed by atoms with Gasteiger partial charge in [0.05, 0.1) is 12.7 Å². The Bertz CT molecular complexity index is 1220. The molecule has 0 atom stereocenters. The molecule has 2 aromatic carbocycles. The lowest BCUT2D eigenvalue weighted by molar-refractivity contribution is -0.137. The van der Waals surface area contributed by atoms with Crippen molar-refractivity contribution < 1.29 is 14.3 Å². The van der Waals surface area contributed by atoms with Crippen LogP contribution in [0, 0.1) is 5.92 Å². The second-order valence-corrected chi connectivity index (χ2v) is 8.99. The van der Waals surface area contributed by atoms with Crippen molar-refractivity contribution in [1.82, 2.24) is 14.8 Å². The van der Waals surface area contributed by atoms with Crippen molar-refractivity contribution in [3.63, 3.8) is 0 Å². The Balaban J connectivity index is 1.45. The molecule has 0 spiro atoms. The zero-order chi connectivity index (χ0) is 22.9. The van der Waals surface area contributed by atoms with Gasteiger partial charge in [-0.15, -0.1) is 0 Å². The molecule has 1 saturated heterocycles. The summed E-state index contributed by atoms with van der Waals surface area (Å²) < 4.78 is 5.28. The Morgan fingerprint density at radius 1 is 1.00 bits per heavy atom. The van der Waals surface area contributed by atoms with Crippen LogP contribution in [0.1, 0.15) is 30.9 Å². The molecule has 2 aliphatic rings. The summed E-state index contributed by atoms with van der Waals surface area (Å²) >= 11 is 0. The van der Waals surface area contributed by atoms with Gasteiger partial charge < -0.3 is 14.6 Å². The molecule has 0 aliphatic carbocycles. The van der Waals surface area contributed by atoms with E-state index in [4.69, 9.17) is 4.74 Å². The molecule has 170 valence electrons. The van der Waals surface area contributed by atoms with Crippen LogP contribution in [0.2, 0.25) is 0 Å². The van der Waals surface area contributed by atoms with Gasteiger partial charge in [0, 0.05) is 36.7 Å². The number of nitrogens with zero attached hydrogens (tertiary/aromatic N) is 2. The van der Waals surface area contributed by atoms with Crippen LogP contribution in [0.25, 0.3) is 16.5 Å². The molecule has 2 aliphatic heterocycles. The molecule has 6 nitrogen and oxygen atoms in total. The van der Waals surface area contributed by atoms with E-state index < -0.39 is 0 Å². The van der Waals surface area contributed by atoms with Gasteiger partial charge in [0.15, 0.2) is 0 Å². The zero-order valence-electron chi connectivity index (χ0n) is 19.1. The highest BCUT2D eigenvalue weighted by Gasteiger charge is 2.41. The number of piperidine rings is 1. The van der Waals surface area contributed by atoms with E-state index in [1.54, 1.807) is 7.11 Å². The van der Waals surface area contributed by atoms with Gasteiger partial charge in [-0.2, -0.15) is 0 Å². The van der Waals surface area contributed by atoms with Gasteiger partial charge in [-0.25, -0.2) is 0 Å². The SMILES string of the molecule is COc1ccc(C2=C(N3CCC(C)CC3)C(=O)N(CCc3c[nH]c4ccccc34)C2=O)cc1. The number of methoxy groups -OCH3 is 1. The van der Waals surface area contributed by atoms with E-state index in [9.17, 15) is 9.59 Å². The Kier molecular flexibility index (Phi) is 5.67. The summed E-state index contributed by atoms with van der Waals surface area (Å²) in [4.78, 5) is 34.0. The monoisotopic (exact) mass is 443 g/mol. The maximum atomic E-state index is 13.6. The van der Waals surface area contributed by atoms with Gasteiger partial charge in [0.25, 0.3) is 11.8 Å². The molecular weight excluding hydrogens is 414 g/mol. The van der Waals surface area contributed by atoms with Crippen molar-refractivity contribution in [3.8, 4) is 5.75 Å². The number of ether oxygens (including phenoxy) is 1. The van der Waals surface area contributed by atoms with Crippen LogP contribution in [0.4, 0.5) is 0 Å². The molecule has 1 N–H and O–H groups in total. The lowest BCUT2D eigenvalue weighted by Gasteiger charge is -2.32. The molecule has 0 bridgehead atoms. The largest absolute Gasteiger partial charge is 0.497 e. The number of carbonyl (C=O) groups excluding carboxylic acids is 2. The van der Waals surface area contributed by atoms with E-state index in [1.807, 2.05) is 48.7 Å². The number of rotatable bonds is 6. The van der Waals surface area contributed by atoms with E-state index in [2.05, 4.69) is 22.9 Å². The number of fused-ring (bicyclic) bond motifs is 1. The first-order valence-electron chi connectivity index (χ1n) is 11.6. The maximum absolute atomic E-state index is 13.6. The molecule has 0 unspecified atom stereocenters. The molecule has 1 fully saturated rings. The molecule has 6 heteroatoms. The van der Waals surface area contributed by atoms with E-state index >= 15 is 0 Å². The summed E-state index contributed by atoms with van der Waals surface area (Å²) in [6.45, 7) is 4.19. The Morgan fingerprint density at radius 2 is 1.73 bits per heavy atom. The number of nitrogens with one attached hydrogen (secondary N) is 1. The van der Waals surface area contributed by atoms with Crippen LogP contribution < -0.4 is 4.74 Å². The Hall–Kier alpha value is -3.54. The molecule has 0 radical (unpaired) electrons. The predicted molar refractivity (Wildman–Crippen MR) is 129 cm³/mol. The number of benzene rings is 2. The highest BCUT2D eigenvalue weighted by Crippen LogP contribution is 2.34. The van der Waals surface area contributed by atoms with Crippen molar-refractivity contribution in [2.75, 3.05) is 26.7 Å². The topological polar surface area (TPSA) is 65.6 Å². The number of H-pyrrole nitrogens is 1. The van der Waals surface area contributed by atoms with Crippen LogP contribution in [0.5, 0.6) is 5.75 Å². The van der Waals surface area contributed by atoms with E-state index in [1.165, 1.54) is 4.90 Å². The summed E-state index contributed by atoms with van der Waals surface area (Å²) in [5.74, 6) is 0.968. The minimum Gasteiger partial charge on any atom is -0.497 e. The third-order valence-corrected chi connectivity index (χ3v) is 6.90. The summed E-state index contributed by atoms with van der Waals surface area (Å²) in [6, 6.07) is 15.5. The molecule has 0 saturated carbocycles. The summed E-state index contributed by atoms with van der Waals surface area (Å²) in [5, 5.41) is 1.13. The Morgan fingerprint density at radius 3 is 2.45 bits per heavy atom. The first-order chi connectivity index (χ1) is 16.1. The van der Waals surface area contributed by atoms with E-state index in [-0.39, 0.29) is 11.8 Å². The molecule has 3 heterocycles. The normalized spacial score (nSPS) is 17.5. The quantitative estimate of drug-likeness (QED) is 0.579. The summed E-state index contributed by atoms with van der Waals surface area (Å²) in [6.07, 6.45) is 4.63. The maximum Gasteiger partial charge on any atom is 0.277 e. The smallest absolute Gasteiger partial charge is 0.277 e. The number of aromatic nitrogens is 1. The standard InChI is InChI=1S/C27H29N3O3/c1-18-11-14-29(15-12-18)25-24(19-7-9-21(33-2)10-8-19)26(31)30(27(25)32)16-13-20-17-28-23-6-4-3-5-22(20)23/h3-10,17-18,28H,11-16H2,1-2H3. The van der Waals surface area contributed by atoms with Gasteiger partial charge in [-0.3, -0.25) is 14.5 Å². The lowest BCUT2D eigenvalue weighted by Crippen LogP contribution is -2.39. The van der Waals surface area contributed by atoms with Crippen molar-refractivity contribution in [2.24, 2.45) is 5.92 Å². The van der Waals surface area contributed by atoms with Gasteiger partial charge in [0.1, 0.15) is 11.4 Å². The van der Waals surface area contributed by atoms with Gasteiger partial charge in [0.2, 0.25) is 0 Å². The molecule has 33 heavy (non-hydrogen) atoms. The first-order valence-corrected chi connectivity index (χ1v) is 11.6. The van der Waals surface area contributed by atoms with Crippen molar-refractivity contribution in [3.05, 3.63) is 71.6 Å². The number of para-hydroxylation sites is 1. The van der Waals surface area contributed by atoms with Crippen LogP contribution in [-0.4, -0.2) is 53.3 Å². The number of carbonyl (C=O) groups is 2. The number of hydrogen-bond donors (Lipinski definition) is 1. The van der Waals surface area contributed by atoms with Crippen LogP contribution in [0.3, 0.4) is 0 Å². The van der Waals surface area contributed by atoms with Gasteiger partial charge in [-0.05, 0) is 54.5 Å². The fourth-order valence-electron chi connectivity index (χ4n) is 4.88. The highest BCUT2D eigenvalue weighted by molar-refractivity contribution is 6.35. The van der Waals surface area contributed by atoms with Crippen LogP contribution in [0.15, 0.2) is 60.4 Å². The molecule has 5 rings (SSSR count). The number of likely N-dealkylation sites (tertiary alicyclic amines) is 1. The van der Waals surface area contributed by atoms with E-state index in [0.717, 1.165) is 53.7 Å². The summed E-state index contributed by atoms with van der Waals surface area (Å²) in [7, 11) is 1.62. The minimum absolute atomic E-state index is 0.180. The van der Waals surface area contributed by atoms with Gasteiger partial charge in [-0.1, -0.05) is 37.3 Å². The van der Waals surface area contributed by atoms with Gasteiger partial charge >= 0.3 is 0 Å². The van der Waals surface area contributed by atoms with Crippen molar-refractivity contribution >= 4 is 28.3 Å². The number of aromatic amines is 1. The van der Waals surface area contributed by atoms with Crippen LogP contribution >= 0.6 is 0 Å².